The monoisotopic (exact) mass is 380 g/mol. The Bertz CT molecular complexity index is 1070. The number of benzene rings is 2. The summed E-state index contributed by atoms with van der Waals surface area (Å²) >= 11 is 0. The third-order valence-corrected chi connectivity index (χ3v) is 4.55. The first-order valence-electron chi connectivity index (χ1n) is 9.05. The largest absolute Gasteiger partial charge is 0.493 e. The van der Waals surface area contributed by atoms with Crippen LogP contribution in [0.2, 0.25) is 0 Å². The van der Waals surface area contributed by atoms with Crippen LogP contribution in [-0.2, 0) is 11.2 Å². The number of hydrogen-bond acceptors (Lipinski definition) is 4. The van der Waals surface area contributed by atoms with Crippen molar-refractivity contribution in [3.8, 4) is 11.5 Å². The molecule has 0 bridgehead atoms. The first kappa shape index (κ1) is 19.5. The molecule has 0 aliphatic heterocycles. The number of H-pyrrole nitrogens is 1. The molecule has 2 N–H and O–H groups in total. The van der Waals surface area contributed by atoms with Crippen molar-refractivity contribution >= 4 is 22.5 Å². The lowest BCUT2D eigenvalue weighted by atomic mass is 10.1. The molecule has 0 aliphatic carbocycles. The summed E-state index contributed by atoms with van der Waals surface area (Å²) in [5.74, 6) is 1.00. The van der Waals surface area contributed by atoms with E-state index < -0.39 is 0 Å². The van der Waals surface area contributed by atoms with E-state index in [4.69, 9.17) is 9.47 Å². The van der Waals surface area contributed by atoms with Crippen LogP contribution in [0.25, 0.3) is 10.9 Å². The summed E-state index contributed by atoms with van der Waals surface area (Å²) in [5, 5.41) is 3.72. The predicted molar refractivity (Wildman–Crippen MR) is 111 cm³/mol. The number of anilines is 1. The molecule has 1 heterocycles. The Kier molecular flexibility index (Phi) is 5.68. The summed E-state index contributed by atoms with van der Waals surface area (Å²) in [6.07, 6.45) is 0.561. The third-order valence-electron chi connectivity index (χ3n) is 4.55. The van der Waals surface area contributed by atoms with E-state index in [2.05, 4.69) is 10.3 Å². The Balaban J connectivity index is 1.77. The van der Waals surface area contributed by atoms with E-state index in [9.17, 15) is 9.59 Å². The molecule has 6 nitrogen and oxygen atoms in total. The number of aromatic amines is 1. The van der Waals surface area contributed by atoms with Gasteiger partial charge in [-0.1, -0.05) is 6.07 Å². The maximum atomic E-state index is 12.4. The highest BCUT2D eigenvalue weighted by molar-refractivity contribution is 5.91. The Morgan fingerprint density at radius 2 is 1.61 bits per heavy atom. The van der Waals surface area contributed by atoms with Crippen molar-refractivity contribution in [2.45, 2.75) is 26.7 Å². The number of methoxy groups -OCH3 is 2. The highest BCUT2D eigenvalue weighted by atomic mass is 16.5. The normalized spacial score (nSPS) is 10.7. The number of ether oxygens (including phenoxy) is 2. The number of hydrogen-bond donors (Lipinski definition) is 2. The smallest absolute Gasteiger partial charge is 0.251 e. The minimum Gasteiger partial charge on any atom is -0.493 e. The highest BCUT2D eigenvalue weighted by Gasteiger charge is 2.11. The van der Waals surface area contributed by atoms with Crippen LogP contribution in [0, 0.1) is 13.8 Å². The average Bonchev–Trinajstić information content (AvgIpc) is 2.64. The summed E-state index contributed by atoms with van der Waals surface area (Å²) in [6.45, 7) is 3.97. The fourth-order valence-electron chi connectivity index (χ4n) is 3.28. The molecule has 0 atom stereocenters. The van der Waals surface area contributed by atoms with Gasteiger partial charge in [0.25, 0.3) is 5.56 Å². The van der Waals surface area contributed by atoms with E-state index in [1.807, 2.05) is 38.1 Å². The number of amides is 1. The molecule has 3 rings (SSSR count). The molecule has 3 aromatic rings. The van der Waals surface area contributed by atoms with E-state index in [0.29, 0.717) is 29.0 Å². The second-order valence-corrected chi connectivity index (χ2v) is 6.84. The van der Waals surface area contributed by atoms with Crippen LogP contribution in [0.5, 0.6) is 11.5 Å². The van der Waals surface area contributed by atoms with Gasteiger partial charge in [0.15, 0.2) is 11.5 Å². The van der Waals surface area contributed by atoms with Gasteiger partial charge in [-0.3, -0.25) is 9.59 Å². The summed E-state index contributed by atoms with van der Waals surface area (Å²) < 4.78 is 10.6. The van der Waals surface area contributed by atoms with Crippen molar-refractivity contribution < 1.29 is 14.3 Å². The van der Waals surface area contributed by atoms with E-state index >= 15 is 0 Å². The Hall–Kier alpha value is -3.28. The van der Waals surface area contributed by atoms with Gasteiger partial charge in [0, 0.05) is 29.1 Å². The standard InChI is InChI=1S/C22H24N2O4/c1-13-7-14(2)9-17(8-13)23-21(25)6-5-15-10-16-11-19(27-3)20(28-4)12-18(16)24-22(15)26/h7-12H,5-6H2,1-4H3,(H,23,25)(H,24,26). The Morgan fingerprint density at radius 3 is 2.25 bits per heavy atom. The average molecular weight is 380 g/mol. The number of nitrogens with one attached hydrogen (secondary N) is 2. The second kappa shape index (κ2) is 8.17. The number of carbonyl (C=O) groups is 1. The molecule has 0 unspecified atom stereocenters. The minimum absolute atomic E-state index is 0.128. The van der Waals surface area contributed by atoms with Crippen LogP contribution in [0.15, 0.2) is 41.2 Å². The zero-order chi connectivity index (χ0) is 20.3. The molecule has 2 aromatic carbocycles. The molecule has 0 aliphatic rings. The van der Waals surface area contributed by atoms with Crippen LogP contribution in [-0.4, -0.2) is 25.1 Å². The zero-order valence-corrected chi connectivity index (χ0v) is 16.5. The molecule has 0 saturated carbocycles. The van der Waals surface area contributed by atoms with Crippen LogP contribution < -0.4 is 20.3 Å². The number of carbonyl (C=O) groups excluding carboxylic acids is 1. The van der Waals surface area contributed by atoms with Gasteiger partial charge in [-0.15, -0.1) is 0 Å². The highest BCUT2D eigenvalue weighted by Crippen LogP contribution is 2.31. The summed E-state index contributed by atoms with van der Waals surface area (Å²) in [4.78, 5) is 27.5. The van der Waals surface area contributed by atoms with Crippen molar-refractivity contribution in [2.24, 2.45) is 0 Å². The number of pyridine rings is 1. The number of aromatic nitrogens is 1. The van der Waals surface area contributed by atoms with Gasteiger partial charge < -0.3 is 19.8 Å². The van der Waals surface area contributed by atoms with Crippen molar-refractivity contribution in [1.82, 2.24) is 4.98 Å². The molecule has 0 spiro atoms. The molecule has 6 heteroatoms. The minimum atomic E-state index is -0.209. The molecular weight excluding hydrogens is 356 g/mol. The van der Waals surface area contributed by atoms with Gasteiger partial charge in [0.05, 0.1) is 19.7 Å². The maximum Gasteiger partial charge on any atom is 0.251 e. The van der Waals surface area contributed by atoms with Crippen LogP contribution in [0.3, 0.4) is 0 Å². The fraction of sp³-hybridized carbons (Fsp3) is 0.273. The van der Waals surface area contributed by atoms with E-state index in [1.54, 1.807) is 26.4 Å². The summed E-state index contributed by atoms with van der Waals surface area (Å²) in [7, 11) is 3.11. The lowest BCUT2D eigenvalue weighted by Gasteiger charge is -2.10. The van der Waals surface area contributed by atoms with Crippen molar-refractivity contribution in [2.75, 3.05) is 19.5 Å². The van der Waals surface area contributed by atoms with Gasteiger partial charge in [0.1, 0.15) is 0 Å². The topological polar surface area (TPSA) is 80.4 Å². The Labute approximate surface area is 163 Å². The fourth-order valence-corrected chi connectivity index (χ4v) is 3.28. The van der Waals surface area contributed by atoms with Crippen LogP contribution in [0.4, 0.5) is 5.69 Å². The molecule has 1 aromatic heterocycles. The quantitative estimate of drug-likeness (QED) is 0.683. The van der Waals surface area contributed by atoms with Gasteiger partial charge in [-0.2, -0.15) is 0 Å². The zero-order valence-electron chi connectivity index (χ0n) is 16.5. The molecule has 0 saturated heterocycles. The molecule has 28 heavy (non-hydrogen) atoms. The first-order valence-corrected chi connectivity index (χ1v) is 9.05. The number of fused-ring (bicyclic) bond motifs is 1. The van der Waals surface area contributed by atoms with Crippen molar-refractivity contribution in [3.05, 3.63) is 63.4 Å². The Morgan fingerprint density at radius 1 is 0.964 bits per heavy atom. The predicted octanol–water partition coefficient (Wildman–Crippen LogP) is 3.73. The second-order valence-electron chi connectivity index (χ2n) is 6.84. The molecule has 0 fully saturated rings. The summed E-state index contributed by atoms with van der Waals surface area (Å²) in [6, 6.07) is 11.2. The van der Waals surface area contributed by atoms with Crippen molar-refractivity contribution in [3.63, 3.8) is 0 Å². The SMILES string of the molecule is COc1cc2cc(CCC(=O)Nc3cc(C)cc(C)c3)c(=O)[nH]c2cc1OC. The lowest BCUT2D eigenvalue weighted by Crippen LogP contribution is -2.17. The lowest BCUT2D eigenvalue weighted by molar-refractivity contribution is -0.116. The van der Waals surface area contributed by atoms with Gasteiger partial charge in [-0.25, -0.2) is 0 Å². The molecule has 1 amide bonds. The first-order chi connectivity index (χ1) is 13.4. The van der Waals surface area contributed by atoms with Gasteiger partial charge in [0.2, 0.25) is 5.91 Å². The van der Waals surface area contributed by atoms with Crippen LogP contribution >= 0.6 is 0 Å². The van der Waals surface area contributed by atoms with E-state index in [1.165, 1.54) is 0 Å². The summed E-state index contributed by atoms with van der Waals surface area (Å²) in [5.41, 5.74) is 3.95. The van der Waals surface area contributed by atoms with Gasteiger partial charge >= 0.3 is 0 Å². The third kappa shape index (κ3) is 4.34. The van der Waals surface area contributed by atoms with Crippen molar-refractivity contribution in [1.29, 1.82) is 0 Å². The van der Waals surface area contributed by atoms with E-state index in [-0.39, 0.29) is 17.9 Å². The molecular formula is C22H24N2O4. The number of aryl methyl sites for hydroxylation is 3. The van der Waals surface area contributed by atoms with Crippen LogP contribution in [0.1, 0.15) is 23.1 Å². The maximum absolute atomic E-state index is 12.4. The van der Waals surface area contributed by atoms with E-state index in [0.717, 1.165) is 22.2 Å². The number of rotatable bonds is 6. The van der Waals surface area contributed by atoms with Gasteiger partial charge in [-0.05, 0) is 55.7 Å². The molecule has 146 valence electrons. The molecule has 0 radical (unpaired) electrons.